The smallest absolute Gasteiger partial charge is 0.246 e. The molecule has 6 aromatic rings. The summed E-state index contributed by atoms with van der Waals surface area (Å²) >= 11 is 8.47. The van der Waals surface area contributed by atoms with Crippen LogP contribution in [-0.2, 0) is 42.9 Å². The molecule has 4 atom stereocenters. The lowest BCUT2D eigenvalue weighted by Crippen LogP contribution is -2.58. The lowest BCUT2D eigenvalue weighted by molar-refractivity contribution is -0.144. The van der Waals surface area contributed by atoms with E-state index in [4.69, 9.17) is 35.5 Å². The maximum atomic E-state index is 17.0. The number of aliphatic hydroxyl groups is 1. The van der Waals surface area contributed by atoms with Gasteiger partial charge in [0.05, 0.1) is 72.9 Å². The second-order valence-corrected chi connectivity index (χ2v) is 24.4. The second-order valence-electron chi connectivity index (χ2n) is 23.1. The third-order valence-electron chi connectivity index (χ3n) is 15.4. The fraction of sp³-hybridized carbons (Fsp3) is 0.492. The number of rotatable bonds is 28. The summed E-state index contributed by atoms with van der Waals surface area (Å²) in [6, 6.07) is 17.7. The molecule has 0 aliphatic carbocycles. The van der Waals surface area contributed by atoms with Crippen LogP contribution in [0.5, 0.6) is 5.75 Å². The van der Waals surface area contributed by atoms with Crippen molar-refractivity contribution < 1.29 is 57.5 Å². The first-order valence-corrected chi connectivity index (χ1v) is 30.7. The van der Waals surface area contributed by atoms with E-state index in [0.29, 0.717) is 106 Å². The molecule has 2 aromatic heterocycles. The van der Waals surface area contributed by atoms with Gasteiger partial charge in [-0.25, -0.2) is 14.4 Å². The number of aromatic nitrogens is 3. The number of β-amino-alcohol motifs (C(OH)–C–C–N with tert-alkyl or cyclic N) is 1. The van der Waals surface area contributed by atoms with Gasteiger partial charge in [0.25, 0.3) is 0 Å². The Morgan fingerprint density at radius 3 is 2.20 bits per heavy atom. The number of phenolic OH excluding ortho intramolecular Hbond substituents is 1. The summed E-state index contributed by atoms with van der Waals surface area (Å²) in [7, 11) is 3.34. The normalized spacial score (nSPS) is 16.1. The highest BCUT2D eigenvalue weighted by Crippen LogP contribution is 2.43. The molecule has 4 aromatic carbocycles. The van der Waals surface area contributed by atoms with Crippen molar-refractivity contribution in [3.8, 4) is 27.3 Å². The van der Waals surface area contributed by atoms with Gasteiger partial charge in [0, 0.05) is 90.2 Å². The van der Waals surface area contributed by atoms with Gasteiger partial charge in [0.2, 0.25) is 35.5 Å². The van der Waals surface area contributed by atoms with E-state index in [0.717, 1.165) is 21.7 Å². The number of aliphatic hydroxyl groups excluding tert-OH is 1. The van der Waals surface area contributed by atoms with Gasteiger partial charge >= 0.3 is 0 Å². The van der Waals surface area contributed by atoms with E-state index < -0.39 is 41.2 Å². The van der Waals surface area contributed by atoms with Crippen LogP contribution in [0.3, 0.4) is 0 Å². The zero-order valence-electron chi connectivity index (χ0n) is 50.5. The summed E-state index contributed by atoms with van der Waals surface area (Å²) in [6.07, 6.45) is 1.01. The average Bonchev–Trinajstić information content (AvgIpc) is 1.51. The zero-order valence-corrected chi connectivity index (χ0v) is 52.1. The number of unbranched alkanes of at least 4 members (excludes halogenated alkanes) is 1. The van der Waals surface area contributed by atoms with E-state index in [2.05, 4.69) is 25.9 Å². The molecule has 5 amide bonds. The minimum absolute atomic E-state index is 0.0200. The molecule has 2 saturated heterocycles. The van der Waals surface area contributed by atoms with E-state index in [-0.39, 0.29) is 97.3 Å². The van der Waals surface area contributed by atoms with Crippen molar-refractivity contribution in [2.45, 2.75) is 91.0 Å². The Kier molecular flexibility index (Phi) is 23.2. The van der Waals surface area contributed by atoms with Crippen molar-refractivity contribution in [3.05, 3.63) is 94.3 Å². The SMILES string of the molecule is Cc1ncsc1-c1ccc([C@H](C)NC(=O)[C@@H]2C[C@@H](O)CN2C(=O)[C@@H](NC(=O)COCCOCCOCCOCCCCC(=O)N2CCN(c3nc(NCCC(=O)N(C)C)nc4c(F)c(-c5cc(O)cc6ccccc56)c(Cl)cc34)CC2)C(C)(C)C)cc1. The summed E-state index contributed by atoms with van der Waals surface area (Å²) in [5.41, 5.74) is 4.47. The van der Waals surface area contributed by atoms with Gasteiger partial charge in [0.1, 0.15) is 35.8 Å². The zero-order chi connectivity index (χ0) is 62.4. The first kappa shape index (κ1) is 65.8. The maximum Gasteiger partial charge on any atom is 0.246 e. The number of amides is 5. The molecule has 0 saturated carbocycles. The van der Waals surface area contributed by atoms with E-state index in [1.807, 2.05) is 92.9 Å². The summed E-state index contributed by atoms with van der Waals surface area (Å²) in [5, 5.41) is 32.1. The number of ether oxygens (including phenoxy) is 4. The van der Waals surface area contributed by atoms with Crippen molar-refractivity contribution in [2.75, 3.05) is 116 Å². The lowest BCUT2D eigenvalue weighted by atomic mass is 9.85. The van der Waals surface area contributed by atoms with Crippen LogP contribution in [0, 0.1) is 18.2 Å². The number of anilines is 2. The minimum Gasteiger partial charge on any atom is -0.508 e. The van der Waals surface area contributed by atoms with Crippen LogP contribution in [0.4, 0.5) is 16.2 Å². The molecule has 4 heterocycles. The quantitative estimate of drug-likeness (QED) is 0.0298. The molecule has 468 valence electrons. The Morgan fingerprint density at radius 2 is 1.53 bits per heavy atom. The molecule has 0 radical (unpaired) electrons. The molecule has 2 aliphatic heterocycles. The topological polar surface area (TPSA) is 250 Å². The van der Waals surface area contributed by atoms with Gasteiger partial charge in [-0.15, -0.1) is 11.3 Å². The monoisotopic (exact) mass is 1240 g/mol. The molecule has 0 bridgehead atoms. The average molecular weight is 1240 g/mol. The number of halogens is 2. The fourth-order valence-electron chi connectivity index (χ4n) is 10.6. The highest BCUT2D eigenvalue weighted by molar-refractivity contribution is 7.13. The van der Waals surface area contributed by atoms with Crippen molar-refractivity contribution in [1.82, 2.24) is 40.3 Å². The highest BCUT2D eigenvalue weighted by atomic mass is 35.5. The molecule has 2 aliphatic rings. The lowest BCUT2D eigenvalue weighted by Gasteiger charge is -2.36. The molecular weight excluding hydrogens is 1160 g/mol. The van der Waals surface area contributed by atoms with Crippen LogP contribution in [0.25, 0.3) is 43.2 Å². The summed E-state index contributed by atoms with van der Waals surface area (Å²) in [4.78, 5) is 88.0. The standard InChI is InChI=1S/C63H80ClFN10O11S/c1-39(41-15-17-42(18-16-41)57-40(2)67-38-87-57)68-60(81)50-34-45(77)36-75(50)61(82)58(63(3,4)5)69-51(78)37-86-31-30-85-29-28-84-27-26-83-25-11-10-14-53(80)73-21-23-74(24-22-73)59-48-35-49(64)54(47-33-44(76)32-43-12-8-9-13-46(43)47)55(65)56(48)70-62(71-59)66-20-19-52(79)72(6)7/h8-9,12-13,15-18,32-33,35,38-39,45,50,58,76-77H,10-11,14,19-31,34,36-37H2,1-7H3,(H,68,81)(H,69,78)(H,66,70,71)/t39-,45+,50-,58+/m0/s1. The van der Waals surface area contributed by atoms with Crippen LogP contribution in [0.1, 0.15) is 77.1 Å². The number of likely N-dealkylation sites (tertiary alicyclic amines) is 1. The number of nitrogens with zero attached hydrogens (tertiary/aromatic N) is 7. The van der Waals surface area contributed by atoms with Gasteiger partial charge in [0.15, 0.2) is 5.82 Å². The highest BCUT2D eigenvalue weighted by Gasteiger charge is 2.45. The number of nitrogens with one attached hydrogen (secondary N) is 3. The number of fused-ring (bicyclic) bond motifs is 2. The summed E-state index contributed by atoms with van der Waals surface area (Å²) < 4.78 is 39.5. The largest absolute Gasteiger partial charge is 0.508 e. The van der Waals surface area contributed by atoms with Gasteiger partial charge in [-0.05, 0) is 77.8 Å². The molecule has 21 nitrogen and oxygen atoms in total. The number of thiazole rings is 1. The van der Waals surface area contributed by atoms with Crippen LogP contribution in [0.2, 0.25) is 5.02 Å². The Balaban J connectivity index is 0.694. The van der Waals surface area contributed by atoms with Gasteiger partial charge in [-0.3, -0.25) is 24.0 Å². The predicted molar refractivity (Wildman–Crippen MR) is 333 cm³/mol. The van der Waals surface area contributed by atoms with Crippen LogP contribution >= 0.6 is 22.9 Å². The number of piperazine rings is 1. The fourth-order valence-corrected chi connectivity index (χ4v) is 11.7. The Morgan fingerprint density at radius 1 is 0.851 bits per heavy atom. The third-order valence-corrected chi connectivity index (χ3v) is 16.6. The van der Waals surface area contributed by atoms with E-state index in [1.54, 1.807) is 43.1 Å². The molecule has 24 heteroatoms. The van der Waals surface area contributed by atoms with E-state index in [9.17, 15) is 34.2 Å². The third kappa shape index (κ3) is 17.4. The van der Waals surface area contributed by atoms with Gasteiger partial charge in [-0.2, -0.15) is 4.98 Å². The first-order valence-electron chi connectivity index (χ1n) is 29.5. The summed E-state index contributed by atoms with van der Waals surface area (Å²) in [5.74, 6) is -1.58. The number of carbonyl (C=O) groups is 5. The number of benzene rings is 4. The van der Waals surface area contributed by atoms with E-state index >= 15 is 4.39 Å². The molecule has 2 fully saturated rings. The molecule has 8 rings (SSSR count). The Labute approximate surface area is 515 Å². The minimum atomic E-state index is -0.996. The van der Waals surface area contributed by atoms with E-state index in [1.165, 1.54) is 15.9 Å². The van der Waals surface area contributed by atoms with Crippen molar-refractivity contribution in [2.24, 2.45) is 5.41 Å². The molecule has 0 spiro atoms. The second kappa shape index (κ2) is 30.7. The van der Waals surface area contributed by atoms with Crippen LogP contribution in [0.15, 0.2) is 72.2 Å². The first-order chi connectivity index (χ1) is 41.7. The van der Waals surface area contributed by atoms with Crippen molar-refractivity contribution >= 4 is 85.9 Å². The number of phenols is 1. The number of aromatic hydroxyl groups is 1. The molecule has 0 unspecified atom stereocenters. The number of hydrogen-bond donors (Lipinski definition) is 5. The van der Waals surface area contributed by atoms with Crippen molar-refractivity contribution in [3.63, 3.8) is 0 Å². The molecular formula is C63H80ClFN10O11S. The number of aryl methyl sites for hydroxylation is 1. The predicted octanol–water partition coefficient (Wildman–Crippen LogP) is 7.53. The Bertz CT molecular complexity index is 3360. The molecule has 87 heavy (non-hydrogen) atoms. The number of carbonyl (C=O) groups excluding carboxylic acids is 5. The van der Waals surface area contributed by atoms with Crippen molar-refractivity contribution in [1.29, 1.82) is 0 Å². The van der Waals surface area contributed by atoms with Crippen LogP contribution in [-0.4, -0.2) is 194 Å². The maximum absolute atomic E-state index is 17.0. The summed E-state index contributed by atoms with van der Waals surface area (Å²) in [6.45, 7) is 12.9. The van der Waals surface area contributed by atoms with Crippen LogP contribution < -0.4 is 20.9 Å². The molecule has 5 N–H and O–H groups in total. The number of hydrogen-bond acceptors (Lipinski definition) is 17. The van der Waals surface area contributed by atoms with Gasteiger partial charge in [-0.1, -0.05) is 80.9 Å². The van der Waals surface area contributed by atoms with Gasteiger partial charge < -0.3 is 64.7 Å². The Hall–Kier alpha value is -7.12.